The fourth-order valence-corrected chi connectivity index (χ4v) is 1.15. The van der Waals surface area contributed by atoms with Crippen molar-refractivity contribution < 1.29 is 14.6 Å². The van der Waals surface area contributed by atoms with Gasteiger partial charge in [-0.1, -0.05) is 26.7 Å². The first-order valence-electron chi connectivity index (χ1n) is 5.25. The normalized spacial score (nSPS) is 15.5. The van der Waals surface area contributed by atoms with Crippen molar-refractivity contribution in [2.45, 2.75) is 53.1 Å². The third-order valence-corrected chi connectivity index (χ3v) is 2.31. The Kier molecular flexibility index (Phi) is 5.77. The Hall–Kier alpha value is -0.570. The van der Waals surface area contributed by atoms with E-state index in [1.807, 2.05) is 20.8 Å². The number of aliphatic carboxylic acids is 1. The molecule has 0 spiro atoms. The van der Waals surface area contributed by atoms with Crippen molar-refractivity contribution in [2.24, 2.45) is 5.41 Å². The van der Waals surface area contributed by atoms with Crippen molar-refractivity contribution in [3.05, 3.63) is 0 Å². The average Bonchev–Trinajstić information content (AvgIpc) is 2.11. The van der Waals surface area contributed by atoms with Gasteiger partial charge in [0, 0.05) is 11.4 Å². The van der Waals surface area contributed by atoms with E-state index in [4.69, 9.17) is 4.74 Å². The lowest BCUT2D eigenvalue weighted by Crippen LogP contribution is -2.43. The van der Waals surface area contributed by atoms with E-state index in [1.54, 1.807) is 6.92 Å². The van der Waals surface area contributed by atoms with E-state index in [0.717, 1.165) is 12.8 Å². The van der Waals surface area contributed by atoms with Gasteiger partial charge in [0.2, 0.25) is 0 Å². The quantitative estimate of drug-likeness (QED) is 0.625. The summed E-state index contributed by atoms with van der Waals surface area (Å²) in [5.74, 6) is -1.01. The molecule has 0 fully saturated rings. The topological polar surface area (TPSA) is 49.4 Å². The number of carbonyl (C=O) groups excluding carboxylic acids is 1. The van der Waals surface area contributed by atoms with Crippen molar-refractivity contribution >= 4 is 5.97 Å². The lowest BCUT2D eigenvalue weighted by Gasteiger charge is -2.31. The minimum absolute atomic E-state index is 0.0651. The first kappa shape index (κ1) is 13.4. The second kappa shape index (κ2) is 6.02. The summed E-state index contributed by atoms with van der Waals surface area (Å²) in [7, 11) is 0. The van der Waals surface area contributed by atoms with Crippen LogP contribution in [0.3, 0.4) is 0 Å². The molecule has 0 aliphatic carbocycles. The summed E-state index contributed by atoms with van der Waals surface area (Å²) < 4.78 is 5.34. The standard InChI is InChI=1S/C11H22O3/c1-5-6-7-11(4,10(12)13)8-14-9(2)3/h9H,5-8H2,1-4H3,(H,12,13)/p-1. The molecular formula is C11H21O3-. The SMILES string of the molecule is CCCCC(C)(COC(C)C)C(=O)[O-]. The van der Waals surface area contributed by atoms with Crippen LogP contribution in [-0.4, -0.2) is 18.7 Å². The van der Waals surface area contributed by atoms with Crippen molar-refractivity contribution in [1.29, 1.82) is 0 Å². The number of carboxylic acids is 1. The molecule has 0 N–H and O–H groups in total. The lowest BCUT2D eigenvalue weighted by atomic mass is 9.86. The Morgan fingerprint density at radius 1 is 1.50 bits per heavy atom. The van der Waals surface area contributed by atoms with Gasteiger partial charge in [0.25, 0.3) is 0 Å². The van der Waals surface area contributed by atoms with Gasteiger partial charge in [0.1, 0.15) is 0 Å². The van der Waals surface area contributed by atoms with Crippen LogP contribution in [0.25, 0.3) is 0 Å². The Morgan fingerprint density at radius 2 is 2.07 bits per heavy atom. The third kappa shape index (κ3) is 4.61. The summed E-state index contributed by atoms with van der Waals surface area (Å²) in [6.07, 6.45) is 2.57. The molecule has 84 valence electrons. The average molecular weight is 201 g/mol. The summed E-state index contributed by atoms with van der Waals surface area (Å²) in [5.41, 5.74) is -0.833. The van der Waals surface area contributed by atoms with Crippen molar-refractivity contribution in [2.75, 3.05) is 6.61 Å². The molecule has 0 aliphatic heterocycles. The van der Waals surface area contributed by atoms with Gasteiger partial charge < -0.3 is 14.6 Å². The zero-order valence-corrected chi connectivity index (χ0v) is 9.63. The van der Waals surface area contributed by atoms with Gasteiger partial charge in [0.15, 0.2) is 0 Å². The van der Waals surface area contributed by atoms with Crippen LogP contribution >= 0.6 is 0 Å². The highest BCUT2D eigenvalue weighted by Gasteiger charge is 2.26. The van der Waals surface area contributed by atoms with E-state index >= 15 is 0 Å². The summed E-state index contributed by atoms with van der Waals surface area (Å²) in [4.78, 5) is 10.9. The van der Waals surface area contributed by atoms with E-state index in [9.17, 15) is 9.90 Å². The Morgan fingerprint density at radius 3 is 2.43 bits per heavy atom. The monoisotopic (exact) mass is 201 g/mol. The molecule has 0 bridgehead atoms. The maximum absolute atomic E-state index is 10.9. The maximum atomic E-state index is 10.9. The Bertz CT molecular complexity index is 177. The van der Waals surface area contributed by atoms with Gasteiger partial charge in [0.05, 0.1) is 12.7 Å². The molecule has 0 aromatic rings. The van der Waals surface area contributed by atoms with E-state index in [2.05, 4.69) is 0 Å². The number of unbranched alkanes of at least 4 members (excludes halogenated alkanes) is 1. The minimum atomic E-state index is -1.01. The highest BCUT2D eigenvalue weighted by atomic mass is 16.5. The maximum Gasteiger partial charge on any atom is 0.0575 e. The third-order valence-electron chi connectivity index (χ3n) is 2.31. The molecular weight excluding hydrogens is 180 g/mol. The Balaban J connectivity index is 4.17. The zero-order chi connectivity index (χ0) is 11.2. The van der Waals surface area contributed by atoms with Gasteiger partial charge >= 0.3 is 0 Å². The predicted molar refractivity (Wildman–Crippen MR) is 53.7 cm³/mol. The molecule has 0 saturated heterocycles. The van der Waals surface area contributed by atoms with Crippen LogP contribution in [0.4, 0.5) is 0 Å². The molecule has 0 aliphatic rings. The fraction of sp³-hybridized carbons (Fsp3) is 0.909. The number of rotatable bonds is 7. The van der Waals surface area contributed by atoms with Gasteiger partial charge in [-0.05, 0) is 20.3 Å². The summed E-state index contributed by atoms with van der Waals surface area (Å²) in [6.45, 7) is 7.78. The molecule has 0 aromatic heterocycles. The van der Waals surface area contributed by atoms with Crippen molar-refractivity contribution in [1.82, 2.24) is 0 Å². The van der Waals surface area contributed by atoms with E-state index in [0.29, 0.717) is 6.42 Å². The second-order valence-corrected chi connectivity index (χ2v) is 4.31. The molecule has 1 unspecified atom stereocenters. The van der Waals surface area contributed by atoms with Crippen LogP contribution in [0.1, 0.15) is 47.0 Å². The predicted octanol–water partition coefficient (Wildman–Crippen LogP) is 1.36. The van der Waals surface area contributed by atoms with Crippen LogP contribution in [-0.2, 0) is 9.53 Å². The number of hydrogen-bond acceptors (Lipinski definition) is 3. The van der Waals surface area contributed by atoms with Crippen LogP contribution in [0.15, 0.2) is 0 Å². The van der Waals surface area contributed by atoms with Gasteiger partial charge in [-0.25, -0.2) is 0 Å². The number of carbonyl (C=O) groups is 1. The smallest absolute Gasteiger partial charge is 0.0575 e. The lowest BCUT2D eigenvalue weighted by molar-refractivity contribution is -0.321. The molecule has 0 radical (unpaired) electrons. The van der Waals surface area contributed by atoms with Crippen LogP contribution in [0.5, 0.6) is 0 Å². The molecule has 0 aromatic carbocycles. The molecule has 3 heteroatoms. The molecule has 1 atom stereocenters. The van der Waals surface area contributed by atoms with Crippen LogP contribution < -0.4 is 5.11 Å². The van der Waals surface area contributed by atoms with E-state index in [1.165, 1.54) is 0 Å². The van der Waals surface area contributed by atoms with Crippen LogP contribution in [0, 0.1) is 5.41 Å². The second-order valence-electron chi connectivity index (χ2n) is 4.31. The summed E-state index contributed by atoms with van der Waals surface area (Å²) in [6, 6.07) is 0. The summed E-state index contributed by atoms with van der Waals surface area (Å²) in [5, 5.41) is 10.9. The number of ether oxygens (including phenoxy) is 1. The fourth-order valence-electron chi connectivity index (χ4n) is 1.15. The zero-order valence-electron chi connectivity index (χ0n) is 9.63. The van der Waals surface area contributed by atoms with E-state index in [-0.39, 0.29) is 12.7 Å². The first-order chi connectivity index (χ1) is 6.42. The molecule has 14 heavy (non-hydrogen) atoms. The first-order valence-corrected chi connectivity index (χ1v) is 5.25. The number of hydrogen-bond donors (Lipinski definition) is 0. The van der Waals surface area contributed by atoms with Crippen molar-refractivity contribution in [3.63, 3.8) is 0 Å². The molecule has 0 rings (SSSR count). The highest BCUT2D eigenvalue weighted by Crippen LogP contribution is 2.24. The van der Waals surface area contributed by atoms with Crippen molar-refractivity contribution in [3.8, 4) is 0 Å². The largest absolute Gasteiger partial charge is 0.549 e. The minimum Gasteiger partial charge on any atom is -0.549 e. The molecule has 3 nitrogen and oxygen atoms in total. The molecule has 0 heterocycles. The number of carboxylic acid groups (broad SMARTS) is 1. The van der Waals surface area contributed by atoms with Gasteiger partial charge in [-0.3, -0.25) is 0 Å². The van der Waals surface area contributed by atoms with Gasteiger partial charge in [-0.2, -0.15) is 0 Å². The van der Waals surface area contributed by atoms with E-state index < -0.39 is 11.4 Å². The molecule has 0 amide bonds. The highest BCUT2D eigenvalue weighted by molar-refractivity contribution is 5.72. The van der Waals surface area contributed by atoms with Crippen LogP contribution in [0.2, 0.25) is 0 Å². The summed E-state index contributed by atoms with van der Waals surface area (Å²) >= 11 is 0. The van der Waals surface area contributed by atoms with Gasteiger partial charge in [-0.15, -0.1) is 0 Å². The molecule has 0 saturated carbocycles. The Labute approximate surface area is 86.5 Å².